The molecule has 2 aliphatic heterocycles. The number of benzene rings is 2. The predicted molar refractivity (Wildman–Crippen MR) is 117 cm³/mol. The zero-order valence-electron chi connectivity index (χ0n) is 18.0. The molecule has 1 N–H and O–H groups in total. The Hall–Kier alpha value is -3.01. The number of carbonyl (C=O) groups excluding carboxylic acids is 2. The zero-order chi connectivity index (χ0) is 22.4. The van der Waals surface area contributed by atoms with E-state index in [4.69, 9.17) is 4.74 Å². The normalized spacial score (nSPS) is 31.0. The number of amides is 2. The van der Waals surface area contributed by atoms with Crippen molar-refractivity contribution in [1.29, 1.82) is 5.26 Å². The van der Waals surface area contributed by atoms with Gasteiger partial charge in [0.2, 0.25) is 12.3 Å². The summed E-state index contributed by atoms with van der Waals surface area (Å²) in [5.74, 6) is -0.584. The fraction of sp³-hybridized carbons (Fsp3) is 0.400. The van der Waals surface area contributed by atoms with E-state index in [0.717, 1.165) is 4.90 Å². The van der Waals surface area contributed by atoms with Crippen LogP contribution in [0.4, 0.5) is 5.69 Å². The molecule has 0 spiro atoms. The van der Waals surface area contributed by atoms with Gasteiger partial charge in [-0.1, -0.05) is 50.3 Å². The molecule has 1 fully saturated rings. The Labute approximate surface area is 181 Å². The minimum absolute atomic E-state index is 0.138. The van der Waals surface area contributed by atoms with Gasteiger partial charge in [-0.3, -0.25) is 14.5 Å². The number of aliphatic hydroxyl groups is 1. The van der Waals surface area contributed by atoms with Crippen LogP contribution in [0.2, 0.25) is 0 Å². The van der Waals surface area contributed by atoms with Gasteiger partial charge < -0.3 is 9.84 Å². The fourth-order valence-electron chi connectivity index (χ4n) is 5.53. The van der Waals surface area contributed by atoms with Crippen LogP contribution in [0.15, 0.2) is 48.6 Å². The summed E-state index contributed by atoms with van der Waals surface area (Å²) in [6, 6.07) is 12.7. The number of fused-ring (bicyclic) bond motifs is 3. The van der Waals surface area contributed by atoms with Gasteiger partial charge in [-0.15, -0.1) is 0 Å². The van der Waals surface area contributed by atoms with Crippen LogP contribution in [0, 0.1) is 22.7 Å². The first kappa shape index (κ1) is 21.2. The molecule has 6 nitrogen and oxygen atoms in total. The molecule has 31 heavy (non-hydrogen) atoms. The van der Waals surface area contributed by atoms with E-state index < -0.39 is 16.6 Å². The lowest BCUT2D eigenvalue weighted by Crippen LogP contribution is -2.57. The molecule has 0 saturated carbocycles. The van der Waals surface area contributed by atoms with E-state index in [9.17, 15) is 20.0 Å². The second kappa shape index (κ2) is 7.30. The highest BCUT2D eigenvalue weighted by Crippen LogP contribution is 2.63. The van der Waals surface area contributed by atoms with E-state index in [1.807, 2.05) is 45.1 Å². The number of anilines is 1. The number of nitrogens with zero attached hydrogens (tertiary/aromatic N) is 2. The Kier molecular flexibility index (Phi) is 5.00. The van der Waals surface area contributed by atoms with Gasteiger partial charge in [-0.2, -0.15) is 5.26 Å². The second-order valence-corrected chi connectivity index (χ2v) is 8.60. The highest BCUT2D eigenvalue weighted by molar-refractivity contribution is 6.16. The number of ether oxygens (including phenoxy) is 1. The van der Waals surface area contributed by atoms with Crippen LogP contribution >= 0.6 is 0 Å². The number of imide groups is 1. The molecule has 4 atom stereocenters. The molecular formula is C25H26N2O4. The first-order valence-corrected chi connectivity index (χ1v) is 10.6. The third kappa shape index (κ3) is 2.63. The smallest absolute Gasteiger partial charge is 0.243 e. The number of hydrogen-bond acceptors (Lipinski definition) is 5. The average Bonchev–Trinajstić information content (AvgIpc) is 3.27. The number of rotatable bonds is 6. The molecular weight excluding hydrogens is 392 g/mol. The Balaban J connectivity index is 1.87. The van der Waals surface area contributed by atoms with Crippen LogP contribution in [0.25, 0.3) is 10.8 Å². The summed E-state index contributed by atoms with van der Waals surface area (Å²) >= 11 is 0. The van der Waals surface area contributed by atoms with Gasteiger partial charge in [-0.05, 0) is 25.5 Å². The lowest BCUT2D eigenvalue weighted by Gasteiger charge is -2.43. The van der Waals surface area contributed by atoms with E-state index in [1.54, 1.807) is 24.3 Å². The van der Waals surface area contributed by atoms with Crippen molar-refractivity contribution in [3.05, 3.63) is 54.1 Å². The largest absolute Gasteiger partial charge is 0.396 e. The standard InChI is InChI=1S/C25H26N2O4/c1-4-24-11-12-25(31-24,13-14-28)23(3,17(24)2)22(30)27(16-29)21-10-9-18(15-26)19-7-5-6-8-20(19)21/h5-12,16-17,28H,4,13-14H2,1-3H3/t17-,23-,24?,25?/m0/s1. The molecule has 2 bridgehead atoms. The summed E-state index contributed by atoms with van der Waals surface area (Å²) in [5.41, 5.74) is -1.75. The molecule has 2 heterocycles. The number of nitriles is 1. The van der Waals surface area contributed by atoms with Gasteiger partial charge in [-0.25, -0.2) is 0 Å². The third-order valence-electron chi connectivity index (χ3n) is 7.57. The topological polar surface area (TPSA) is 90.6 Å². The van der Waals surface area contributed by atoms with Crippen LogP contribution in [0.1, 0.15) is 39.2 Å². The molecule has 0 aliphatic carbocycles. The number of aliphatic hydroxyl groups excluding tert-OH is 1. The van der Waals surface area contributed by atoms with Gasteiger partial charge in [0, 0.05) is 29.7 Å². The lowest BCUT2D eigenvalue weighted by molar-refractivity contribution is -0.139. The van der Waals surface area contributed by atoms with Crippen LogP contribution in [0.5, 0.6) is 0 Å². The second-order valence-electron chi connectivity index (χ2n) is 8.60. The Morgan fingerprint density at radius 1 is 1.26 bits per heavy atom. The van der Waals surface area contributed by atoms with Crippen molar-refractivity contribution in [2.24, 2.45) is 11.3 Å². The third-order valence-corrected chi connectivity index (χ3v) is 7.57. The van der Waals surface area contributed by atoms with E-state index in [0.29, 0.717) is 34.9 Å². The summed E-state index contributed by atoms with van der Waals surface area (Å²) in [4.78, 5) is 27.5. The molecule has 4 rings (SSSR count). The molecule has 0 aromatic heterocycles. The van der Waals surface area contributed by atoms with Crippen molar-refractivity contribution >= 4 is 28.8 Å². The van der Waals surface area contributed by atoms with Crippen molar-refractivity contribution in [2.75, 3.05) is 11.5 Å². The Morgan fingerprint density at radius 2 is 1.97 bits per heavy atom. The van der Waals surface area contributed by atoms with Gasteiger partial charge in [0.15, 0.2) is 0 Å². The maximum absolute atomic E-state index is 14.1. The van der Waals surface area contributed by atoms with Crippen LogP contribution in [0.3, 0.4) is 0 Å². The average molecular weight is 418 g/mol. The fourth-order valence-corrected chi connectivity index (χ4v) is 5.53. The van der Waals surface area contributed by atoms with Crippen molar-refractivity contribution in [1.82, 2.24) is 0 Å². The van der Waals surface area contributed by atoms with Crippen LogP contribution in [-0.2, 0) is 14.3 Å². The van der Waals surface area contributed by atoms with Gasteiger partial charge in [0.1, 0.15) is 5.60 Å². The molecule has 6 heteroatoms. The highest BCUT2D eigenvalue weighted by atomic mass is 16.5. The maximum Gasteiger partial charge on any atom is 0.243 e. The van der Waals surface area contributed by atoms with Gasteiger partial charge in [0.25, 0.3) is 0 Å². The Morgan fingerprint density at radius 3 is 2.58 bits per heavy atom. The van der Waals surface area contributed by atoms with Gasteiger partial charge >= 0.3 is 0 Å². The van der Waals surface area contributed by atoms with E-state index in [-0.39, 0.29) is 24.9 Å². The van der Waals surface area contributed by atoms with E-state index >= 15 is 0 Å². The monoisotopic (exact) mass is 418 g/mol. The SMILES string of the molecule is CCC12C=CC(CCO)(O1)[C@](C)(C(=O)N(C=O)c1ccc(C#N)c3ccccc13)[C@@H]2C. The minimum atomic E-state index is -1.06. The summed E-state index contributed by atoms with van der Waals surface area (Å²) < 4.78 is 6.46. The molecule has 160 valence electrons. The molecule has 0 radical (unpaired) electrons. The summed E-state index contributed by atoms with van der Waals surface area (Å²) in [6.45, 7) is 5.68. The van der Waals surface area contributed by atoms with E-state index in [2.05, 4.69) is 6.07 Å². The number of carbonyl (C=O) groups is 2. The Bertz CT molecular complexity index is 1140. The molecule has 2 aromatic rings. The lowest BCUT2D eigenvalue weighted by atomic mass is 9.58. The first-order valence-electron chi connectivity index (χ1n) is 10.6. The molecule has 2 aliphatic rings. The molecule has 2 aromatic carbocycles. The van der Waals surface area contributed by atoms with Crippen LogP contribution in [-0.4, -0.2) is 35.2 Å². The molecule has 2 unspecified atom stereocenters. The van der Waals surface area contributed by atoms with E-state index in [1.165, 1.54) is 0 Å². The molecule has 2 amide bonds. The predicted octanol–water partition coefficient (Wildman–Crippen LogP) is 3.71. The summed E-state index contributed by atoms with van der Waals surface area (Å²) in [6.07, 6.45) is 5.38. The van der Waals surface area contributed by atoms with Gasteiger partial charge in [0.05, 0.1) is 28.3 Å². The van der Waals surface area contributed by atoms with Crippen LogP contribution < -0.4 is 4.90 Å². The first-order chi connectivity index (χ1) is 14.8. The van der Waals surface area contributed by atoms with Crippen molar-refractivity contribution in [2.45, 2.75) is 44.8 Å². The van der Waals surface area contributed by atoms with Crippen molar-refractivity contribution in [3.63, 3.8) is 0 Å². The quantitative estimate of drug-likeness (QED) is 0.570. The number of hydrogen-bond donors (Lipinski definition) is 1. The maximum atomic E-state index is 14.1. The zero-order valence-corrected chi connectivity index (χ0v) is 18.0. The highest BCUT2D eigenvalue weighted by Gasteiger charge is 2.71. The van der Waals surface area contributed by atoms with Crippen molar-refractivity contribution in [3.8, 4) is 6.07 Å². The minimum Gasteiger partial charge on any atom is -0.396 e. The summed E-state index contributed by atoms with van der Waals surface area (Å²) in [5, 5.41) is 20.6. The summed E-state index contributed by atoms with van der Waals surface area (Å²) in [7, 11) is 0. The van der Waals surface area contributed by atoms with Crippen molar-refractivity contribution < 1.29 is 19.4 Å². The molecule has 1 saturated heterocycles.